The average Bonchev–Trinajstić information content (AvgIpc) is 3.18. The molecule has 0 saturated carbocycles. The molecular formula is C26H26FNO2. The number of ether oxygens (including phenoxy) is 1. The molecule has 154 valence electrons. The van der Waals surface area contributed by atoms with Gasteiger partial charge in [-0.2, -0.15) is 0 Å². The molecule has 1 atom stereocenters. The summed E-state index contributed by atoms with van der Waals surface area (Å²) in [6.07, 6.45) is 3.00. The predicted molar refractivity (Wildman–Crippen MR) is 117 cm³/mol. The summed E-state index contributed by atoms with van der Waals surface area (Å²) < 4.78 is 19.7. The molecule has 3 aromatic rings. The zero-order valence-corrected chi connectivity index (χ0v) is 17.4. The number of rotatable bonds is 6. The smallest absolute Gasteiger partial charge is 0.166 e. The van der Waals surface area contributed by atoms with Crippen molar-refractivity contribution in [1.29, 1.82) is 0 Å². The van der Waals surface area contributed by atoms with Crippen molar-refractivity contribution in [3.05, 3.63) is 94.3 Å². The number of carbonyl (C=O) groups is 1. The van der Waals surface area contributed by atoms with E-state index in [9.17, 15) is 9.18 Å². The maximum atomic E-state index is 14.0. The standard InChI is InChI=1S/C26H26FNO2/c1-18-12-19(2)14-22(13-18)25-4-3-11-28(25)16-20-5-8-23(9-6-20)30-26-10-7-21(17-29)15-24(26)27/h5-10,12-15,17,25H,3-4,11,16H2,1-2H3/t25-/m0/s1. The molecule has 1 aliphatic rings. The number of aryl methyl sites for hydroxylation is 2. The number of carbonyl (C=O) groups excluding carboxylic acids is 1. The van der Waals surface area contributed by atoms with Gasteiger partial charge in [-0.3, -0.25) is 9.69 Å². The highest BCUT2D eigenvalue weighted by Gasteiger charge is 2.26. The van der Waals surface area contributed by atoms with Crippen molar-refractivity contribution in [3.63, 3.8) is 0 Å². The largest absolute Gasteiger partial charge is 0.454 e. The van der Waals surface area contributed by atoms with Crippen molar-refractivity contribution >= 4 is 6.29 Å². The first-order valence-electron chi connectivity index (χ1n) is 10.4. The Hall–Kier alpha value is -2.98. The van der Waals surface area contributed by atoms with Gasteiger partial charge in [-0.25, -0.2) is 4.39 Å². The third-order valence-corrected chi connectivity index (χ3v) is 5.62. The van der Waals surface area contributed by atoms with Crippen molar-refractivity contribution in [2.75, 3.05) is 6.54 Å². The summed E-state index contributed by atoms with van der Waals surface area (Å²) in [5.41, 5.74) is 5.52. The zero-order chi connectivity index (χ0) is 21.1. The molecular weight excluding hydrogens is 377 g/mol. The molecule has 4 heteroatoms. The molecule has 0 unspecified atom stereocenters. The summed E-state index contributed by atoms with van der Waals surface area (Å²) in [6.45, 7) is 6.28. The predicted octanol–water partition coefficient (Wildman–Crippen LogP) is 6.38. The minimum atomic E-state index is -0.544. The van der Waals surface area contributed by atoms with E-state index in [1.54, 1.807) is 6.07 Å². The normalized spacial score (nSPS) is 16.6. The van der Waals surface area contributed by atoms with Crippen LogP contribution in [0, 0.1) is 19.7 Å². The molecule has 1 fully saturated rings. The van der Waals surface area contributed by atoms with E-state index >= 15 is 0 Å². The number of hydrogen-bond acceptors (Lipinski definition) is 3. The Labute approximate surface area is 177 Å². The maximum Gasteiger partial charge on any atom is 0.166 e. The second-order valence-electron chi connectivity index (χ2n) is 8.10. The third-order valence-electron chi connectivity index (χ3n) is 5.62. The summed E-state index contributed by atoms with van der Waals surface area (Å²) in [5, 5.41) is 0. The molecule has 0 N–H and O–H groups in total. The highest BCUT2D eigenvalue weighted by molar-refractivity contribution is 5.75. The fourth-order valence-corrected chi connectivity index (χ4v) is 4.29. The topological polar surface area (TPSA) is 29.5 Å². The number of halogens is 1. The second kappa shape index (κ2) is 8.80. The highest BCUT2D eigenvalue weighted by Crippen LogP contribution is 2.34. The van der Waals surface area contributed by atoms with E-state index in [2.05, 4.69) is 36.9 Å². The molecule has 3 nitrogen and oxygen atoms in total. The summed E-state index contributed by atoms with van der Waals surface area (Å²) in [7, 11) is 0. The first-order valence-corrected chi connectivity index (χ1v) is 10.4. The monoisotopic (exact) mass is 403 g/mol. The molecule has 0 amide bonds. The summed E-state index contributed by atoms with van der Waals surface area (Å²) in [4.78, 5) is 13.3. The van der Waals surface area contributed by atoms with Crippen LogP contribution in [0.25, 0.3) is 0 Å². The first kappa shape index (κ1) is 20.3. The number of hydrogen-bond donors (Lipinski definition) is 0. The van der Waals surface area contributed by atoms with Gasteiger partial charge < -0.3 is 4.74 Å². The van der Waals surface area contributed by atoms with Gasteiger partial charge in [-0.1, -0.05) is 41.5 Å². The van der Waals surface area contributed by atoms with Gasteiger partial charge in [0.25, 0.3) is 0 Å². The molecule has 0 bridgehead atoms. The van der Waals surface area contributed by atoms with E-state index in [0.717, 1.165) is 13.1 Å². The lowest BCUT2D eigenvalue weighted by Crippen LogP contribution is -2.22. The van der Waals surface area contributed by atoms with Gasteiger partial charge in [0.1, 0.15) is 12.0 Å². The van der Waals surface area contributed by atoms with E-state index in [0.29, 0.717) is 23.6 Å². The number of nitrogens with zero attached hydrogens (tertiary/aromatic N) is 1. The summed E-state index contributed by atoms with van der Waals surface area (Å²) in [6, 6.07) is 19.3. The van der Waals surface area contributed by atoms with E-state index in [-0.39, 0.29) is 5.75 Å². The van der Waals surface area contributed by atoms with E-state index in [1.807, 2.05) is 24.3 Å². The van der Waals surface area contributed by atoms with E-state index in [4.69, 9.17) is 4.74 Å². The molecule has 3 aromatic carbocycles. The second-order valence-corrected chi connectivity index (χ2v) is 8.10. The molecule has 0 aliphatic carbocycles. The van der Waals surface area contributed by atoms with Gasteiger partial charge in [0.05, 0.1) is 0 Å². The van der Waals surface area contributed by atoms with Gasteiger partial charge in [0.15, 0.2) is 11.6 Å². The van der Waals surface area contributed by atoms with Gasteiger partial charge >= 0.3 is 0 Å². The van der Waals surface area contributed by atoms with E-state index < -0.39 is 5.82 Å². The summed E-state index contributed by atoms with van der Waals surface area (Å²) in [5.74, 6) is 0.142. The lowest BCUT2D eigenvalue weighted by atomic mass is 9.99. The Morgan fingerprint density at radius 2 is 1.77 bits per heavy atom. The number of likely N-dealkylation sites (tertiary alicyclic amines) is 1. The van der Waals surface area contributed by atoms with Crippen molar-refractivity contribution in [2.24, 2.45) is 0 Å². The van der Waals surface area contributed by atoms with Crippen LogP contribution in [0.2, 0.25) is 0 Å². The molecule has 0 spiro atoms. The number of aldehydes is 1. The Bertz CT molecular complexity index is 1030. The Morgan fingerprint density at radius 1 is 1.03 bits per heavy atom. The van der Waals surface area contributed by atoms with Crippen molar-refractivity contribution in [3.8, 4) is 11.5 Å². The zero-order valence-electron chi connectivity index (χ0n) is 17.4. The molecule has 1 saturated heterocycles. The lowest BCUT2D eigenvalue weighted by molar-refractivity contribution is 0.112. The highest BCUT2D eigenvalue weighted by atomic mass is 19.1. The van der Waals surface area contributed by atoms with Gasteiger partial charge in [0.2, 0.25) is 0 Å². The molecule has 4 rings (SSSR count). The molecule has 1 aliphatic heterocycles. The fourth-order valence-electron chi connectivity index (χ4n) is 4.29. The van der Waals surface area contributed by atoms with Gasteiger partial charge in [-0.05, 0) is 74.7 Å². The minimum Gasteiger partial charge on any atom is -0.454 e. The van der Waals surface area contributed by atoms with Crippen LogP contribution in [0.5, 0.6) is 11.5 Å². The minimum absolute atomic E-state index is 0.114. The Kier molecular flexibility index (Phi) is 5.96. The molecule has 30 heavy (non-hydrogen) atoms. The quantitative estimate of drug-likeness (QED) is 0.447. The Balaban J connectivity index is 1.44. The van der Waals surface area contributed by atoms with Gasteiger partial charge in [-0.15, -0.1) is 0 Å². The van der Waals surface area contributed by atoms with E-state index in [1.165, 1.54) is 47.2 Å². The maximum absolute atomic E-state index is 14.0. The number of benzene rings is 3. The molecule has 1 heterocycles. The van der Waals surface area contributed by atoms with Crippen molar-refractivity contribution in [1.82, 2.24) is 4.90 Å². The molecule has 0 aromatic heterocycles. The molecule has 0 radical (unpaired) electrons. The first-order chi connectivity index (χ1) is 14.5. The van der Waals surface area contributed by atoms with Crippen molar-refractivity contribution in [2.45, 2.75) is 39.3 Å². The third kappa shape index (κ3) is 4.60. The van der Waals surface area contributed by atoms with Crippen LogP contribution in [0.1, 0.15) is 51.5 Å². The van der Waals surface area contributed by atoms with Crippen LogP contribution in [0.4, 0.5) is 4.39 Å². The SMILES string of the molecule is Cc1cc(C)cc([C@@H]2CCCN2Cc2ccc(Oc3ccc(C=O)cc3F)cc2)c1. The van der Waals surface area contributed by atoms with Crippen LogP contribution in [-0.2, 0) is 6.54 Å². The van der Waals surface area contributed by atoms with Crippen LogP contribution >= 0.6 is 0 Å². The van der Waals surface area contributed by atoms with Crippen LogP contribution in [0.15, 0.2) is 60.7 Å². The van der Waals surface area contributed by atoms with Crippen molar-refractivity contribution < 1.29 is 13.9 Å². The average molecular weight is 403 g/mol. The summed E-state index contributed by atoms with van der Waals surface area (Å²) >= 11 is 0. The lowest BCUT2D eigenvalue weighted by Gasteiger charge is -2.25. The van der Waals surface area contributed by atoms with Gasteiger partial charge in [0, 0.05) is 18.2 Å². The van der Waals surface area contributed by atoms with Crippen LogP contribution in [-0.4, -0.2) is 17.7 Å². The van der Waals surface area contributed by atoms with Crippen LogP contribution < -0.4 is 4.74 Å². The van der Waals surface area contributed by atoms with Crippen LogP contribution in [0.3, 0.4) is 0 Å². The fraction of sp³-hybridized carbons (Fsp3) is 0.269. The Morgan fingerprint density at radius 3 is 2.43 bits per heavy atom.